The van der Waals surface area contributed by atoms with E-state index in [1.165, 1.54) is 6.07 Å². The van der Waals surface area contributed by atoms with E-state index < -0.39 is 11.7 Å². The molecule has 2 atom stereocenters. The first-order valence-corrected chi connectivity index (χ1v) is 7.11. The minimum Gasteiger partial charge on any atom is -0.381 e. The zero-order valence-electron chi connectivity index (χ0n) is 11.5. The Balaban J connectivity index is 2.23. The Morgan fingerprint density at radius 1 is 1.35 bits per heavy atom. The molecule has 1 aliphatic rings. The fourth-order valence-electron chi connectivity index (χ4n) is 2.59. The number of hydrogen-bond donors (Lipinski definition) is 1. The van der Waals surface area contributed by atoms with Gasteiger partial charge in [0.25, 0.3) is 0 Å². The third-order valence-electron chi connectivity index (χ3n) is 4.08. The number of nitrogens with one attached hydrogen (secondary N) is 1. The van der Waals surface area contributed by atoms with Crippen LogP contribution in [-0.2, 0) is 10.9 Å². The van der Waals surface area contributed by atoms with Crippen molar-refractivity contribution in [2.24, 2.45) is 5.41 Å². The number of methoxy groups -OCH3 is 1. The van der Waals surface area contributed by atoms with Crippen molar-refractivity contribution in [1.82, 2.24) is 0 Å². The van der Waals surface area contributed by atoms with E-state index in [9.17, 15) is 13.2 Å². The molecule has 2 nitrogen and oxygen atoms in total. The van der Waals surface area contributed by atoms with Gasteiger partial charge in [0.2, 0.25) is 0 Å². The van der Waals surface area contributed by atoms with Crippen molar-refractivity contribution in [3.05, 3.63) is 28.2 Å². The number of anilines is 1. The predicted molar refractivity (Wildman–Crippen MR) is 75.7 cm³/mol. The van der Waals surface area contributed by atoms with Gasteiger partial charge in [0.05, 0.1) is 11.7 Å². The second kappa shape index (κ2) is 5.22. The van der Waals surface area contributed by atoms with Gasteiger partial charge in [-0.25, -0.2) is 0 Å². The highest BCUT2D eigenvalue weighted by atomic mass is 79.9. The fourth-order valence-corrected chi connectivity index (χ4v) is 2.96. The van der Waals surface area contributed by atoms with Crippen molar-refractivity contribution in [2.75, 3.05) is 12.4 Å². The smallest absolute Gasteiger partial charge is 0.381 e. The number of hydrogen-bond acceptors (Lipinski definition) is 2. The molecule has 2 unspecified atom stereocenters. The minimum absolute atomic E-state index is 0.0327. The van der Waals surface area contributed by atoms with Gasteiger partial charge in [-0.1, -0.05) is 29.8 Å². The van der Waals surface area contributed by atoms with E-state index in [0.29, 0.717) is 10.9 Å². The molecule has 1 N–H and O–H groups in total. The zero-order chi connectivity index (χ0) is 15.1. The molecule has 112 valence electrons. The molecule has 0 aromatic heterocycles. The lowest BCUT2D eigenvalue weighted by atomic mass is 9.64. The van der Waals surface area contributed by atoms with Gasteiger partial charge in [-0.2, -0.15) is 13.2 Å². The first-order valence-electron chi connectivity index (χ1n) is 6.32. The van der Waals surface area contributed by atoms with Crippen LogP contribution in [0.3, 0.4) is 0 Å². The molecule has 0 heterocycles. The standard InChI is InChI=1S/C14H17BrF3NO/c1-13(2)11(7-12(13)20-3)19-10-5-4-8(15)6-9(10)14(16,17)18/h4-6,11-12,19H,7H2,1-3H3. The quantitative estimate of drug-likeness (QED) is 0.852. The first-order chi connectivity index (χ1) is 9.16. The van der Waals surface area contributed by atoms with E-state index in [4.69, 9.17) is 4.74 Å². The van der Waals surface area contributed by atoms with Crippen molar-refractivity contribution in [3.63, 3.8) is 0 Å². The Kier molecular flexibility index (Phi) is 4.08. The van der Waals surface area contributed by atoms with Crippen LogP contribution in [0.4, 0.5) is 18.9 Å². The predicted octanol–water partition coefficient (Wildman–Crippen LogP) is 4.69. The number of rotatable bonds is 3. The second-order valence-corrected chi connectivity index (χ2v) is 6.58. The van der Waals surface area contributed by atoms with E-state index in [1.807, 2.05) is 13.8 Å². The Morgan fingerprint density at radius 2 is 2.00 bits per heavy atom. The van der Waals surface area contributed by atoms with Crippen molar-refractivity contribution in [2.45, 2.75) is 38.6 Å². The van der Waals surface area contributed by atoms with E-state index in [0.717, 1.165) is 6.07 Å². The third kappa shape index (κ3) is 2.81. The van der Waals surface area contributed by atoms with Crippen LogP contribution in [0, 0.1) is 5.41 Å². The average molecular weight is 352 g/mol. The summed E-state index contributed by atoms with van der Waals surface area (Å²) in [6.07, 6.45) is -3.60. The van der Waals surface area contributed by atoms with Crippen molar-refractivity contribution < 1.29 is 17.9 Å². The maximum Gasteiger partial charge on any atom is 0.418 e. The van der Waals surface area contributed by atoms with Crippen LogP contribution in [0.25, 0.3) is 0 Å². The van der Waals surface area contributed by atoms with Crippen LogP contribution in [0.5, 0.6) is 0 Å². The molecule has 1 saturated carbocycles. The van der Waals surface area contributed by atoms with Crippen molar-refractivity contribution in [3.8, 4) is 0 Å². The van der Waals surface area contributed by atoms with Gasteiger partial charge in [-0.05, 0) is 24.6 Å². The topological polar surface area (TPSA) is 21.3 Å². The highest BCUT2D eigenvalue weighted by Crippen LogP contribution is 2.45. The molecule has 1 aromatic rings. The number of alkyl halides is 3. The molecular formula is C14H17BrF3NO. The van der Waals surface area contributed by atoms with Crippen LogP contribution >= 0.6 is 15.9 Å². The number of halogens is 4. The van der Waals surface area contributed by atoms with E-state index in [-0.39, 0.29) is 23.2 Å². The second-order valence-electron chi connectivity index (χ2n) is 5.67. The van der Waals surface area contributed by atoms with Crippen LogP contribution < -0.4 is 5.32 Å². The molecule has 1 aromatic carbocycles. The molecule has 6 heteroatoms. The lowest BCUT2D eigenvalue weighted by Gasteiger charge is -2.51. The molecule has 0 radical (unpaired) electrons. The van der Waals surface area contributed by atoms with Crippen molar-refractivity contribution in [1.29, 1.82) is 0 Å². The van der Waals surface area contributed by atoms with Crippen molar-refractivity contribution >= 4 is 21.6 Å². The van der Waals surface area contributed by atoms with Gasteiger partial charge in [0.15, 0.2) is 0 Å². The molecular weight excluding hydrogens is 335 g/mol. The number of benzene rings is 1. The zero-order valence-corrected chi connectivity index (χ0v) is 13.1. The molecule has 1 fully saturated rings. The van der Waals surface area contributed by atoms with Gasteiger partial charge < -0.3 is 10.1 Å². The lowest BCUT2D eigenvalue weighted by Crippen LogP contribution is -2.57. The maximum absolute atomic E-state index is 13.1. The van der Waals surface area contributed by atoms with E-state index in [1.54, 1.807) is 13.2 Å². The SMILES string of the molecule is COC1CC(Nc2ccc(Br)cc2C(F)(F)F)C1(C)C. The Morgan fingerprint density at radius 3 is 2.50 bits per heavy atom. The highest BCUT2D eigenvalue weighted by molar-refractivity contribution is 9.10. The van der Waals surface area contributed by atoms with Gasteiger partial charge in [-0.3, -0.25) is 0 Å². The maximum atomic E-state index is 13.1. The summed E-state index contributed by atoms with van der Waals surface area (Å²) in [5.74, 6) is 0. The molecule has 0 bridgehead atoms. The van der Waals surface area contributed by atoms with E-state index >= 15 is 0 Å². The third-order valence-corrected chi connectivity index (χ3v) is 4.57. The summed E-state index contributed by atoms with van der Waals surface area (Å²) < 4.78 is 44.9. The first kappa shape index (κ1) is 15.6. The Labute approximate surface area is 124 Å². The van der Waals surface area contributed by atoms with Gasteiger partial charge in [0.1, 0.15) is 0 Å². The summed E-state index contributed by atoms with van der Waals surface area (Å²) in [6.45, 7) is 3.99. The van der Waals surface area contributed by atoms with Crippen LogP contribution in [0.2, 0.25) is 0 Å². The summed E-state index contributed by atoms with van der Waals surface area (Å²) >= 11 is 3.08. The summed E-state index contributed by atoms with van der Waals surface area (Å²) in [6, 6.07) is 4.14. The molecule has 1 aliphatic carbocycles. The summed E-state index contributed by atoms with van der Waals surface area (Å²) in [4.78, 5) is 0. The summed E-state index contributed by atoms with van der Waals surface area (Å²) in [7, 11) is 1.63. The molecule has 20 heavy (non-hydrogen) atoms. The van der Waals surface area contributed by atoms with Gasteiger partial charge in [-0.15, -0.1) is 0 Å². The van der Waals surface area contributed by atoms with E-state index in [2.05, 4.69) is 21.2 Å². The molecule has 0 spiro atoms. The molecule has 2 rings (SSSR count). The normalized spacial score (nSPS) is 25.1. The monoisotopic (exact) mass is 351 g/mol. The lowest BCUT2D eigenvalue weighted by molar-refractivity contribution is -0.137. The minimum atomic E-state index is -4.37. The summed E-state index contributed by atoms with van der Waals surface area (Å²) in [5.41, 5.74) is -0.720. The van der Waals surface area contributed by atoms with Crippen LogP contribution in [0.1, 0.15) is 25.8 Å². The molecule has 0 aliphatic heterocycles. The van der Waals surface area contributed by atoms with Gasteiger partial charge >= 0.3 is 6.18 Å². The Hall–Kier alpha value is -0.750. The average Bonchev–Trinajstić information content (AvgIpc) is 2.34. The van der Waals surface area contributed by atoms with Crippen LogP contribution in [0.15, 0.2) is 22.7 Å². The molecule has 0 amide bonds. The molecule has 0 saturated heterocycles. The number of ether oxygens (including phenoxy) is 1. The van der Waals surface area contributed by atoms with Crippen LogP contribution in [-0.4, -0.2) is 19.3 Å². The Bertz CT molecular complexity index is 502. The largest absolute Gasteiger partial charge is 0.418 e. The summed E-state index contributed by atoms with van der Waals surface area (Å²) in [5, 5.41) is 3.01. The fraction of sp³-hybridized carbons (Fsp3) is 0.571. The highest BCUT2D eigenvalue weighted by Gasteiger charge is 2.49. The van der Waals surface area contributed by atoms with Gasteiger partial charge in [0, 0.05) is 28.7 Å².